The van der Waals surface area contributed by atoms with Crippen LogP contribution in [-0.2, 0) is 32.6 Å². The molecule has 8 nitrogen and oxygen atoms in total. The van der Waals surface area contributed by atoms with E-state index in [0.29, 0.717) is 49.5 Å². The Morgan fingerprint density at radius 3 is 2.10 bits per heavy atom. The molecule has 5 rings (SSSR count). The molecule has 0 unspecified atom stereocenters. The summed E-state index contributed by atoms with van der Waals surface area (Å²) in [5.74, 6) is -1.29. The van der Waals surface area contributed by atoms with Crippen LogP contribution in [0.1, 0.15) is 16.7 Å². The van der Waals surface area contributed by atoms with Crippen molar-refractivity contribution >= 4 is 96.5 Å². The van der Waals surface area contributed by atoms with E-state index in [2.05, 4.69) is 10.0 Å². The second kappa shape index (κ2) is 11.4. The Hall–Kier alpha value is -2.57. The predicted molar refractivity (Wildman–Crippen MR) is 157 cm³/mol. The van der Waals surface area contributed by atoms with Crippen LogP contribution < -0.4 is 14.9 Å². The van der Waals surface area contributed by atoms with Crippen LogP contribution in [-0.4, -0.2) is 32.0 Å². The van der Waals surface area contributed by atoms with Gasteiger partial charge in [0.15, 0.2) is 0 Å². The molecule has 2 aliphatic heterocycles. The highest BCUT2D eigenvalue weighted by molar-refractivity contribution is 8.18. The van der Waals surface area contributed by atoms with E-state index in [9.17, 15) is 22.8 Å². The number of imide groups is 1. The summed E-state index contributed by atoms with van der Waals surface area (Å²) < 4.78 is 28.9. The number of carbonyl (C=O) groups excluding carboxylic acids is 3. The molecule has 1 saturated heterocycles. The van der Waals surface area contributed by atoms with Crippen molar-refractivity contribution in [1.29, 1.82) is 0 Å². The number of hydrogen-bond acceptors (Lipinski definition) is 6. The van der Waals surface area contributed by atoms with Crippen molar-refractivity contribution in [3.8, 4) is 0 Å². The van der Waals surface area contributed by atoms with Crippen molar-refractivity contribution in [1.82, 2.24) is 10.0 Å². The molecule has 2 heterocycles. The van der Waals surface area contributed by atoms with Gasteiger partial charge in [0.25, 0.3) is 17.1 Å². The lowest BCUT2D eigenvalue weighted by molar-refractivity contribution is -0.116. The van der Waals surface area contributed by atoms with Gasteiger partial charge < -0.3 is 4.90 Å². The number of anilines is 1. The molecule has 0 radical (unpaired) electrons. The number of rotatable bonds is 7. The van der Waals surface area contributed by atoms with Gasteiger partial charge in [0, 0.05) is 12.1 Å². The Kier molecular flexibility index (Phi) is 8.22. The van der Waals surface area contributed by atoms with Gasteiger partial charge in [-0.15, -0.1) is 0 Å². The maximum atomic E-state index is 13.6. The summed E-state index contributed by atoms with van der Waals surface area (Å²) in [4.78, 5) is 39.2. The summed E-state index contributed by atoms with van der Waals surface area (Å²) in [6.45, 7) is 0.133. The minimum Gasteiger partial charge on any atom is -0.303 e. The molecule has 0 aromatic heterocycles. The molecule has 2 aliphatic rings. The van der Waals surface area contributed by atoms with E-state index in [1.54, 1.807) is 36.4 Å². The highest BCUT2D eigenvalue weighted by Crippen LogP contribution is 2.44. The normalized spacial score (nSPS) is 17.0. The first-order chi connectivity index (χ1) is 18.9. The Morgan fingerprint density at radius 2 is 1.48 bits per heavy atom. The van der Waals surface area contributed by atoms with E-state index in [1.165, 1.54) is 23.1 Å². The van der Waals surface area contributed by atoms with Crippen LogP contribution >= 0.6 is 58.2 Å². The summed E-state index contributed by atoms with van der Waals surface area (Å²) in [7, 11) is -4.01. The number of carbonyl (C=O) groups is 3. The average Bonchev–Trinajstić information content (AvgIpc) is 3.37. The highest BCUT2D eigenvalue weighted by Gasteiger charge is 2.40. The SMILES string of the molecule is O=C1NC(=O)/C(=C2\C(=O)N(Cc3ccc(Cl)c(Cl)c3)c3ccc(S(=O)(=O)NCCc4ccc(Cl)c(Cl)c4)cc32)S1. The molecule has 2 N–H and O–H groups in total. The number of nitrogens with one attached hydrogen (secondary N) is 2. The zero-order chi connectivity index (χ0) is 28.8. The molecular formula is C26H17Cl4N3O5S2. The fourth-order valence-electron chi connectivity index (χ4n) is 4.26. The van der Waals surface area contributed by atoms with E-state index < -0.39 is 27.1 Å². The van der Waals surface area contributed by atoms with E-state index in [0.717, 1.165) is 5.56 Å². The van der Waals surface area contributed by atoms with Crippen LogP contribution in [0.25, 0.3) is 5.57 Å². The number of thioether (sulfide) groups is 1. The van der Waals surface area contributed by atoms with Crippen LogP contribution in [0.2, 0.25) is 20.1 Å². The van der Waals surface area contributed by atoms with Crippen molar-refractivity contribution in [2.45, 2.75) is 17.9 Å². The maximum absolute atomic E-state index is 13.6. The lowest BCUT2D eigenvalue weighted by Crippen LogP contribution is -2.27. The van der Waals surface area contributed by atoms with E-state index in [1.807, 2.05) is 0 Å². The monoisotopic (exact) mass is 655 g/mol. The first kappa shape index (κ1) is 28.9. The second-order valence-corrected chi connectivity index (χ2v) is 13.1. The molecule has 0 atom stereocenters. The molecule has 206 valence electrons. The number of halogens is 4. The first-order valence-corrected chi connectivity index (χ1v) is 15.4. The van der Waals surface area contributed by atoms with Crippen LogP contribution in [0.5, 0.6) is 0 Å². The molecular weight excluding hydrogens is 640 g/mol. The van der Waals surface area contributed by atoms with Gasteiger partial charge in [-0.2, -0.15) is 0 Å². The molecule has 0 aliphatic carbocycles. The number of fused-ring (bicyclic) bond motifs is 1. The lowest BCUT2D eigenvalue weighted by atomic mass is 10.1. The second-order valence-electron chi connectivity index (χ2n) is 8.76. The lowest BCUT2D eigenvalue weighted by Gasteiger charge is -2.18. The maximum Gasteiger partial charge on any atom is 0.290 e. The van der Waals surface area contributed by atoms with E-state index in [4.69, 9.17) is 46.4 Å². The third kappa shape index (κ3) is 5.75. The van der Waals surface area contributed by atoms with Crippen molar-refractivity contribution in [3.05, 3.63) is 96.3 Å². The summed E-state index contributed by atoms with van der Waals surface area (Å²) in [6, 6.07) is 14.1. The minimum absolute atomic E-state index is 0.0590. The van der Waals surface area contributed by atoms with Gasteiger partial charge in [-0.1, -0.05) is 58.5 Å². The van der Waals surface area contributed by atoms with Gasteiger partial charge in [0.05, 0.1) is 47.7 Å². The van der Waals surface area contributed by atoms with Crippen LogP contribution in [0.3, 0.4) is 0 Å². The van der Waals surface area contributed by atoms with Crippen LogP contribution in [0, 0.1) is 0 Å². The molecule has 14 heteroatoms. The Balaban J connectivity index is 1.48. The fourth-order valence-corrected chi connectivity index (χ4v) is 6.73. The third-order valence-corrected chi connectivity index (χ3v) is 9.97. The fraction of sp³-hybridized carbons (Fsp3) is 0.115. The summed E-state index contributed by atoms with van der Waals surface area (Å²) in [6.07, 6.45) is 0.352. The summed E-state index contributed by atoms with van der Waals surface area (Å²) in [5, 5.41) is 2.93. The van der Waals surface area contributed by atoms with E-state index in [-0.39, 0.29) is 34.0 Å². The zero-order valence-corrected chi connectivity index (χ0v) is 24.8. The quantitative estimate of drug-likeness (QED) is 0.299. The number of hydrogen-bond donors (Lipinski definition) is 2. The molecule has 3 aromatic rings. The number of benzene rings is 3. The van der Waals surface area contributed by atoms with Crippen molar-refractivity contribution in [2.24, 2.45) is 0 Å². The van der Waals surface area contributed by atoms with Crippen molar-refractivity contribution < 1.29 is 22.8 Å². The van der Waals surface area contributed by atoms with Gasteiger partial charge >= 0.3 is 0 Å². The Morgan fingerprint density at radius 1 is 0.825 bits per heavy atom. The summed E-state index contributed by atoms with van der Waals surface area (Å²) >= 11 is 24.7. The smallest absolute Gasteiger partial charge is 0.290 e. The van der Waals surface area contributed by atoms with Crippen molar-refractivity contribution in [3.63, 3.8) is 0 Å². The van der Waals surface area contributed by atoms with E-state index >= 15 is 0 Å². The van der Waals surface area contributed by atoms with Crippen LogP contribution in [0.4, 0.5) is 10.5 Å². The molecule has 0 spiro atoms. The molecule has 3 aromatic carbocycles. The Labute approximate surface area is 253 Å². The number of amides is 3. The molecule has 40 heavy (non-hydrogen) atoms. The average molecular weight is 657 g/mol. The number of sulfonamides is 1. The highest BCUT2D eigenvalue weighted by atomic mass is 35.5. The largest absolute Gasteiger partial charge is 0.303 e. The predicted octanol–water partition coefficient (Wildman–Crippen LogP) is 6.06. The molecule has 0 saturated carbocycles. The van der Waals surface area contributed by atoms with Gasteiger partial charge in [-0.3, -0.25) is 19.7 Å². The molecule has 3 amide bonds. The van der Waals surface area contributed by atoms with Gasteiger partial charge in [-0.25, -0.2) is 13.1 Å². The van der Waals surface area contributed by atoms with Gasteiger partial charge in [0.2, 0.25) is 10.0 Å². The van der Waals surface area contributed by atoms with Crippen LogP contribution in [0.15, 0.2) is 64.4 Å². The third-order valence-electron chi connectivity index (χ3n) is 6.16. The molecule has 1 fully saturated rings. The van der Waals surface area contributed by atoms with Crippen molar-refractivity contribution in [2.75, 3.05) is 11.4 Å². The van der Waals surface area contributed by atoms with Gasteiger partial charge in [0.1, 0.15) is 0 Å². The van der Waals surface area contributed by atoms with Gasteiger partial charge in [-0.05, 0) is 71.8 Å². The molecule has 0 bridgehead atoms. The standard InChI is InChI=1S/C26H17Cl4N3O5S2/c27-17-4-1-13(9-19(17)29)7-8-31-40(37,38)15-3-6-21-16(11-15)22(23-24(34)32-26(36)39-23)25(35)33(21)12-14-2-5-18(28)20(30)10-14/h1-6,9-11,31H,7-8,12H2,(H,32,34,36)/b23-22+. The topological polar surface area (TPSA) is 113 Å². The minimum atomic E-state index is -4.01. The summed E-state index contributed by atoms with van der Waals surface area (Å²) in [5.41, 5.74) is 1.97. The Bertz CT molecular complexity index is 1740. The first-order valence-electron chi connectivity index (χ1n) is 11.6. The number of nitrogens with zero attached hydrogens (tertiary/aromatic N) is 1. The zero-order valence-electron chi connectivity index (χ0n) is 20.1.